The molecule has 5 nitrogen and oxygen atoms in total. The van der Waals surface area contributed by atoms with E-state index in [9.17, 15) is 18.0 Å². The smallest absolute Gasteiger partial charge is 0.465 e. The number of hydrogen-bond donors (Lipinski definition) is 2. The second-order valence-corrected chi connectivity index (χ2v) is 4.49. The molecule has 0 aliphatic carbocycles. The molecule has 0 aliphatic heterocycles. The highest BCUT2D eigenvalue weighted by Crippen LogP contribution is 2.28. The van der Waals surface area contributed by atoms with Gasteiger partial charge in [0.15, 0.2) is 0 Å². The van der Waals surface area contributed by atoms with E-state index in [-0.39, 0.29) is 5.75 Å². The third-order valence-electron chi connectivity index (χ3n) is 2.84. The standard InChI is InChI=1S/C15H13F3N2O3/c1-22-14(21)9-2-7-12(19)13(8-9)20-10-3-5-11(6-4-10)23-15(16,17)18/h2-8,20H,19H2,1H3. The van der Waals surface area contributed by atoms with Crippen LogP contribution in [0.15, 0.2) is 42.5 Å². The number of ether oxygens (including phenoxy) is 2. The van der Waals surface area contributed by atoms with Crippen LogP contribution < -0.4 is 15.8 Å². The highest BCUT2D eigenvalue weighted by Gasteiger charge is 2.30. The van der Waals surface area contributed by atoms with E-state index < -0.39 is 12.3 Å². The average Bonchev–Trinajstić information content (AvgIpc) is 2.49. The Hall–Kier alpha value is -2.90. The molecule has 8 heteroatoms. The molecule has 0 atom stereocenters. The number of nitrogens with one attached hydrogen (secondary N) is 1. The Bertz CT molecular complexity index is 700. The van der Waals surface area contributed by atoms with E-state index in [1.165, 1.54) is 37.4 Å². The number of hydrogen-bond acceptors (Lipinski definition) is 5. The minimum Gasteiger partial charge on any atom is -0.465 e. The summed E-state index contributed by atoms with van der Waals surface area (Å²) >= 11 is 0. The molecule has 0 bridgehead atoms. The molecule has 0 saturated heterocycles. The van der Waals surface area contributed by atoms with E-state index in [1.54, 1.807) is 0 Å². The molecule has 0 amide bonds. The molecule has 0 unspecified atom stereocenters. The first-order chi connectivity index (χ1) is 10.8. The van der Waals surface area contributed by atoms with Gasteiger partial charge in [-0.15, -0.1) is 13.2 Å². The van der Waals surface area contributed by atoms with Crippen molar-refractivity contribution in [2.45, 2.75) is 6.36 Å². The number of anilines is 3. The van der Waals surface area contributed by atoms with Crippen molar-refractivity contribution in [3.63, 3.8) is 0 Å². The van der Waals surface area contributed by atoms with Crippen LogP contribution in [0.1, 0.15) is 10.4 Å². The summed E-state index contributed by atoms with van der Waals surface area (Å²) in [6.07, 6.45) is -4.74. The normalized spacial score (nSPS) is 11.0. The van der Waals surface area contributed by atoms with Crippen LogP contribution in [-0.4, -0.2) is 19.4 Å². The molecule has 0 radical (unpaired) electrons. The Labute approximate surface area is 129 Å². The van der Waals surface area contributed by atoms with Gasteiger partial charge in [-0.1, -0.05) is 0 Å². The molecule has 122 valence electrons. The highest BCUT2D eigenvalue weighted by molar-refractivity contribution is 5.92. The Morgan fingerprint density at radius 2 is 1.78 bits per heavy atom. The van der Waals surface area contributed by atoms with Crippen molar-refractivity contribution in [2.24, 2.45) is 0 Å². The molecule has 23 heavy (non-hydrogen) atoms. The minimum absolute atomic E-state index is 0.293. The summed E-state index contributed by atoms with van der Waals surface area (Å²) in [6.45, 7) is 0. The van der Waals surface area contributed by atoms with Gasteiger partial charge in [-0.25, -0.2) is 4.79 Å². The molecule has 0 fully saturated rings. The third-order valence-corrected chi connectivity index (χ3v) is 2.84. The van der Waals surface area contributed by atoms with E-state index in [1.807, 2.05) is 0 Å². The van der Waals surface area contributed by atoms with Crippen LogP contribution in [0.4, 0.5) is 30.2 Å². The summed E-state index contributed by atoms with van der Waals surface area (Å²) < 4.78 is 44.7. The second-order valence-electron chi connectivity index (χ2n) is 4.49. The van der Waals surface area contributed by atoms with Crippen LogP contribution >= 0.6 is 0 Å². The molecule has 2 aromatic carbocycles. The van der Waals surface area contributed by atoms with Gasteiger partial charge in [0.2, 0.25) is 0 Å². The Kier molecular flexibility index (Phi) is 4.63. The average molecular weight is 326 g/mol. The van der Waals surface area contributed by atoms with Crippen molar-refractivity contribution < 1.29 is 27.4 Å². The number of halogens is 3. The van der Waals surface area contributed by atoms with Gasteiger partial charge in [0.1, 0.15) is 5.75 Å². The third kappa shape index (κ3) is 4.53. The number of alkyl halides is 3. The van der Waals surface area contributed by atoms with Crippen LogP contribution in [0.5, 0.6) is 5.75 Å². The molecule has 0 aromatic heterocycles. The molecular formula is C15H13F3N2O3. The van der Waals surface area contributed by atoms with Crippen LogP contribution in [-0.2, 0) is 4.74 Å². The molecule has 0 saturated carbocycles. The molecular weight excluding hydrogens is 313 g/mol. The first kappa shape index (κ1) is 16.5. The van der Waals surface area contributed by atoms with E-state index in [0.717, 1.165) is 12.1 Å². The van der Waals surface area contributed by atoms with Crippen LogP contribution in [0.3, 0.4) is 0 Å². The maximum absolute atomic E-state index is 12.1. The van der Waals surface area contributed by atoms with Gasteiger partial charge in [-0.3, -0.25) is 0 Å². The SMILES string of the molecule is COC(=O)c1ccc(N)c(Nc2ccc(OC(F)(F)F)cc2)c1. The van der Waals surface area contributed by atoms with E-state index in [2.05, 4.69) is 14.8 Å². The lowest BCUT2D eigenvalue weighted by atomic mass is 10.1. The van der Waals surface area contributed by atoms with Crippen molar-refractivity contribution in [3.05, 3.63) is 48.0 Å². The second kappa shape index (κ2) is 6.47. The van der Waals surface area contributed by atoms with Crippen LogP contribution in [0.25, 0.3) is 0 Å². The maximum atomic E-state index is 12.1. The Balaban J connectivity index is 2.17. The van der Waals surface area contributed by atoms with Gasteiger partial charge in [0.05, 0.1) is 24.0 Å². The quantitative estimate of drug-likeness (QED) is 0.662. The number of esters is 1. The summed E-state index contributed by atoms with van der Waals surface area (Å²) in [5.74, 6) is -0.860. The fraction of sp³-hybridized carbons (Fsp3) is 0.133. The molecule has 3 N–H and O–H groups in total. The van der Waals surface area contributed by atoms with Gasteiger partial charge < -0.3 is 20.5 Å². The fourth-order valence-electron chi connectivity index (χ4n) is 1.80. The number of nitrogens with two attached hydrogens (primary N) is 1. The van der Waals surface area contributed by atoms with E-state index in [4.69, 9.17) is 5.73 Å². The lowest BCUT2D eigenvalue weighted by molar-refractivity contribution is -0.274. The number of carbonyl (C=O) groups excluding carboxylic acids is 1. The lowest BCUT2D eigenvalue weighted by Crippen LogP contribution is -2.16. The van der Waals surface area contributed by atoms with Crippen molar-refractivity contribution in [1.29, 1.82) is 0 Å². The number of methoxy groups -OCH3 is 1. The van der Waals surface area contributed by atoms with E-state index in [0.29, 0.717) is 22.6 Å². The largest absolute Gasteiger partial charge is 0.573 e. The predicted molar refractivity (Wildman–Crippen MR) is 78.6 cm³/mol. The van der Waals surface area contributed by atoms with Crippen LogP contribution in [0, 0.1) is 0 Å². The zero-order valence-electron chi connectivity index (χ0n) is 12.0. The monoisotopic (exact) mass is 326 g/mol. The van der Waals surface area contributed by atoms with Crippen molar-refractivity contribution in [3.8, 4) is 5.75 Å². The molecule has 2 rings (SSSR count). The Morgan fingerprint density at radius 1 is 1.13 bits per heavy atom. The summed E-state index contributed by atoms with van der Waals surface area (Å²) in [5.41, 5.74) is 7.37. The molecule has 0 heterocycles. The molecule has 2 aromatic rings. The first-order valence-corrected chi connectivity index (χ1v) is 6.39. The van der Waals surface area contributed by atoms with Gasteiger partial charge >= 0.3 is 12.3 Å². The van der Waals surface area contributed by atoms with Crippen molar-refractivity contribution >= 4 is 23.0 Å². The first-order valence-electron chi connectivity index (χ1n) is 6.39. The topological polar surface area (TPSA) is 73.6 Å². The van der Waals surface area contributed by atoms with Gasteiger partial charge in [0, 0.05) is 5.69 Å². The zero-order valence-corrected chi connectivity index (χ0v) is 12.0. The van der Waals surface area contributed by atoms with Crippen LogP contribution in [0.2, 0.25) is 0 Å². The van der Waals surface area contributed by atoms with Crippen molar-refractivity contribution in [1.82, 2.24) is 0 Å². The molecule has 0 spiro atoms. The minimum atomic E-state index is -4.74. The maximum Gasteiger partial charge on any atom is 0.573 e. The summed E-state index contributed by atoms with van der Waals surface area (Å²) in [5, 5.41) is 2.91. The Morgan fingerprint density at radius 3 is 2.35 bits per heavy atom. The predicted octanol–water partition coefficient (Wildman–Crippen LogP) is 3.70. The summed E-state index contributed by atoms with van der Waals surface area (Å²) in [4.78, 5) is 11.5. The summed E-state index contributed by atoms with van der Waals surface area (Å²) in [6, 6.07) is 9.63. The van der Waals surface area contributed by atoms with Gasteiger partial charge in [0.25, 0.3) is 0 Å². The fourth-order valence-corrected chi connectivity index (χ4v) is 1.80. The van der Waals surface area contributed by atoms with Crippen molar-refractivity contribution in [2.75, 3.05) is 18.2 Å². The zero-order chi connectivity index (χ0) is 17.0. The molecule has 0 aliphatic rings. The van der Waals surface area contributed by atoms with E-state index >= 15 is 0 Å². The number of rotatable bonds is 4. The highest BCUT2D eigenvalue weighted by atomic mass is 19.4. The lowest BCUT2D eigenvalue weighted by Gasteiger charge is -2.12. The number of benzene rings is 2. The number of carbonyl (C=O) groups is 1. The summed E-state index contributed by atoms with van der Waals surface area (Å²) in [7, 11) is 1.26. The van der Waals surface area contributed by atoms with Gasteiger partial charge in [-0.2, -0.15) is 0 Å². The van der Waals surface area contributed by atoms with Gasteiger partial charge in [-0.05, 0) is 42.5 Å². The number of nitrogen functional groups attached to an aromatic ring is 1.